The standard InChI is InChI=1S/C16H13ClN4O3/c1-10-3-2-4-15-19-12(9-20(10)15)8-18-16(22)13-6-5-11(17)7-14(13)21(23)24/h2-7,9H,8H2,1H3,(H,18,22). The van der Waals surface area contributed by atoms with E-state index in [2.05, 4.69) is 10.3 Å². The number of nitrogens with one attached hydrogen (secondary N) is 1. The van der Waals surface area contributed by atoms with Gasteiger partial charge < -0.3 is 9.72 Å². The first-order chi connectivity index (χ1) is 11.5. The minimum Gasteiger partial charge on any atom is -0.346 e. The lowest BCUT2D eigenvalue weighted by Gasteiger charge is -2.04. The summed E-state index contributed by atoms with van der Waals surface area (Å²) in [7, 11) is 0. The van der Waals surface area contributed by atoms with Crippen molar-refractivity contribution < 1.29 is 9.72 Å². The number of nitro groups is 1. The van der Waals surface area contributed by atoms with Crippen molar-refractivity contribution >= 4 is 28.8 Å². The number of carbonyl (C=O) groups excluding carboxylic acids is 1. The summed E-state index contributed by atoms with van der Waals surface area (Å²) in [5, 5.41) is 13.9. The molecule has 2 heterocycles. The smallest absolute Gasteiger partial charge is 0.283 e. The summed E-state index contributed by atoms with van der Waals surface area (Å²) in [4.78, 5) is 27.1. The average Bonchev–Trinajstić information content (AvgIpc) is 2.97. The molecule has 0 aliphatic carbocycles. The van der Waals surface area contributed by atoms with Gasteiger partial charge in [0.25, 0.3) is 11.6 Å². The van der Waals surface area contributed by atoms with Crippen molar-refractivity contribution in [1.29, 1.82) is 0 Å². The molecule has 0 aliphatic heterocycles. The minimum atomic E-state index is -0.630. The molecule has 1 amide bonds. The first-order valence-electron chi connectivity index (χ1n) is 7.11. The maximum atomic E-state index is 12.2. The van der Waals surface area contributed by atoms with Crippen molar-refractivity contribution in [3.8, 4) is 0 Å². The third kappa shape index (κ3) is 3.07. The molecule has 24 heavy (non-hydrogen) atoms. The third-order valence-electron chi connectivity index (χ3n) is 3.58. The number of hydrogen-bond acceptors (Lipinski definition) is 4. The molecule has 122 valence electrons. The molecule has 0 aliphatic rings. The molecule has 0 fully saturated rings. The molecule has 0 saturated heterocycles. The zero-order chi connectivity index (χ0) is 17.3. The maximum absolute atomic E-state index is 12.2. The van der Waals surface area contributed by atoms with E-state index in [1.54, 1.807) is 0 Å². The molecule has 1 aromatic carbocycles. The highest BCUT2D eigenvalue weighted by Crippen LogP contribution is 2.23. The summed E-state index contributed by atoms with van der Waals surface area (Å²) < 4.78 is 1.91. The Morgan fingerprint density at radius 2 is 2.17 bits per heavy atom. The fourth-order valence-electron chi connectivity index (χ4n) is 2.40. The van der Waals surface area contributed by atoms with Crippen molar-refractivity contribution in [2.45, 2.75) is 13.5 Å². The molecule has 2 aromatic heterocycles. The van der Waals surface area contributed by atoms with Gasteiger partial charge in [0.2, 0.25) is 0 Å². The fourth-order valence-corrected chi connectivity index (χ4v) is 2.56. The van der Waals surface area contributed by atoms with Gasteiger partial charge in [-0.25, -0.2) is 4.98 Å². The van der Waals surface area contributed by atoms with Crippen LogP contribution >= 0.6 is 11.6 Å². The van der Waals surface area contributed by atoms with E-state index in [4.69, 9.17) is 11.6 Å². The summed E-state index contributed by atoms with van der Waals surface area (Å²) in [5.74, 6) is -0.549. The molecule has 0 atom stereocenters. The Morgan fingerprint density at radius 3 is 2.88 bits per heavy atom. The second kappa shape index (κ2) is 6.29. The lowest BCUT2D eigenvalue weighted by atomic mass is 10.1. The van der Waals surface area contributed by atoms with E-state index in [0.29, 0.717) is 5.69 Å². The average molecular weight is 345 g/mol. The van der Waals surface area contributed by atoms with Gasteiger partial charge in [-0.2, -0.15) is 0 Å². The summed E-state index contributed by atoms with van der Waals surface area (Å²) in [5.41, 5.74) is 2.09. The summed E-state index contributed by atoms with van der Waals surface area (Å²) in [6, 6.07) is 9.65. The summed E-state index contributed by atoms with van der Waals surface area (Å²) in [6.45, 7) is 2.12. The van der Waals surface area contributed by atoms with Crippen molar-refractivity contribution in [1.82, 2.24) is 14.7 Å². The Morgan fingerprint density at radius 1 is 1.38 bits per heavy atom. The van der Waals surface area contributed by atoms with Crippen LogP contribution in [0.3, 0.4) is 0 Å². The Labute approximate surface area is 142 Å². The number of pyridine rings is 1. The Kier molecular flexibility index (Phi) is 4.18. The van der Waals surface area contributed by atoms with Crippen LogP contribution in [0.1, 0.15) is 21.7 Å². The summed E-state index contributed by atoms with van der Waals surface area (Å²) in [6.07, 6.45) is 1.82. The van der Waals surface area contributed by atoms with Crippen LogP contribution in [0.25, 0.3) is 5.65 Å². The lowest BCUT2D eigenvalue weighted by Crippen LogP contribution is -2.23. The topological polar surface area (TPSA) is 89.5 Å². The van der Waals surface area contributed by atoms with E-state index in [9.17, 15) is 14.9 Å². The number of halogens is 1. The van der Waals surface area contributed by atoms with E-state index in [-0.39, 0.29) is 22.8 Å². The highest BCUT2D eigenvalue weighted by atomic mass is 35.5. The normalized spacial score (nSPS) is 10.8. The van der Waals surface area contributed by atoms with Crippen LogP contribution in [0, 0.1) is 17.0 Å². The van der Waals surface area contributed by atoms with E-state index in [1.807, 2.05) is 35.7 Å². The first kappa shape index (κ1) is 15.9. The molecule has 3 rings (SSSR count). The molecule has 1 N–H and O–H groups in total. The SMILES string of the molecule is Cc1cccc2nc(CNC(=O)c3ccc(Cl)cc3[N+](=O)[O-])cn12. The van der Waals surface area contributed by atoms with E-state index < -0.39 is 10.8 Å². The monoisotopic (exact) mass is 344 g/mol. The molecule has 0 unspecified atom stereocenters. The van der Waals surface area contributed by atoms with Crippen LogP contribution in [0.4, 0.5) is 5.69 Å². The molecule has 3 aromatic rings. The lowest BCUT2D eigenvalue weighted by molar-refractivity contribution is -0.385. The van der Waals surface area contributed by atoms with Gasteiger partial charge in [-0.05, 0) is 31.2 Å². The van der Waals surface area contributed by atoms with Gasteiger partial charge in [0.15, 0.2) is 0 Å². The molecule has 7 nitrogen and oxygen atoms in total. The Hall–Kier alpha value is -2.93. The third-order valence-corrected chi connectivity index (χ3v) is 3.81. The number of nitrogens with zero attached hydrogens (tertiary/aromatic N) is 3. The number of amides is 1. The number of imidazole rings is 1. The fraction of sp³-hybridized carbons (Fsp3) is 0.125. The number of fused-ring (bicyclic) bond motifs is 1. The van der Waals surface area contributed by atoms with Crippen molar-refractivity contribution in [2.24, 2.45) is 0 Å². The Bertz CT molecular complexity index is 952. The van der Waals surface area contributed by atoms with E-state index in [1.165, 1.54) is 12.1 Å². The zero-order valence-corrected chi connectivity index (χ0v) is 13.4. The zero-order valence-electron chi connectivity index (χ0n) is 12.7. The van der Waals surface area contributed by atoms with Gasteiger partial charge in [-0.15, -0.1) is 0 Å². The predicted octanol–water partition coefficient (Wildman–Crippen LogP) is 3.13. The van der Waals surface area contributed by atoms with Gasteiger partial charge in [0, 0.05) is 23.0 Å². The van der Waals surface area contributed by atoms with Crippen molar-refractivity contribution in [3.05, 3.63) is 74.7 Å². The van der Waals surface area contributed by atoms with Gasteiger partial charge in [0.05, 0.1) is 17.2 Å². The minimum absolute atomic E-state index is 0.0376. The largest absolute Gasteiger partial charge is 0.346 e. The van der Waals surface area contributed by atoms with Crippen LogP contribution in [0.2, 0.25) is 5.02 Å². The first-order valence-corrected chi connectivity index (χ1v) is 7.49. The highest BCUT2D eigenvalue weighted by Gasteiger charge is 2.20. The molecular weight excluding hydrogens is 332 g/mol. The van der Waals surface area contributed by atoms with Crippen LogP contribution in [0.15, 0.2) is 42.6 Å². The van der Waals surface area contributed by atoms with E-state index >= 15 is 0 Å². The molecule has 0 bridgehead atoms. The number of carbonyl (C=O) groups is 1. The van der Waals surface area contributed by atoms with E-state index in [0.717, 1.165) is 17.4 Å². The number of benzene rings is 1. The number of aryl methyl sites for hydroxylation is 1. The second-order valence-electron chi connectivity index (χ2n) is 5.23. The van der Waals surface area contributed by atoms with Crippen molar-refractivity contribution in [3.63, 3.8) is 0 Å². The van der Waals surface area contributed by atoms with Crippen LogP contribution < -0.4 is 5.32 Å². The molecule has 0 saturated carbocycles. The molecule has 0 radical (unpaired) electrons. The quantitative estimate of drug-likeness (QED) is 0.581. The number of aromatic nitrogens is 2. The van der Waals surface area contributed by atoms with Crippen LogP contribution in [0.5, 0.6) is 0 Å². The maximum Gasteiger partial charge on any atom is 0.283 e. The van der Waals surface area contributed by atoms with Crippen molar-refractivity contribution in [2.75, 3.05) is 0 Å². The number of nitro benzene ring substituents is 1. The molecule has 8 heteroatoms. The van der Waals surface area contributed by atoms with Crippen LogP contribution in [-0.4, -0.2) is 20.2 Å². The van der Waals surface area contributed by atoms with Gasteiger partial charge in [-0.1, -0.05) is 17.7 Å². The predicted molar refractivity (Wildman–Crippen MR) is 89.2 cm³/mol. The van der Waals surface area contributed by atoms with Gasteiger partial charge in [0.1, 0.15) is 11.2 Å². The second-order valence-corrected chi connectivity index (χ2v) is 5.67. The number of hydrogen-bond donors (Lipinski definition) is 1. The highest BCUT2D eigenvalue weighted by molar-refractivity contribution is 6.31. The summed E-state index contributed by atoms with van der Waals surface area (Å²) >= 11 is 5.75. The Balaban J connectivity index is 1.80. The van der Waals surface area contributed by atoms with Gasteiger partial charge >= 0.3 is 0 Å². The molecule has 0 spiro atoms. The van der Waals surface area contributed by atoms with Crippen LogP contribution in [-0.2, 0) is 6.54 Å². The number of rotatable bonds is 4. The molecular formula is C16H13ClN4O3. The van der Waals surface area contributed by atoms with Gasteiger partial charge in [-0.3, -0.25) is 14.9 Å².